The van der Waals surface area contributed by atoms with Crippen molar-refractivity contribution in [1.82, 2.24) is 19.2 Å². The van der Waals surface area contributed by atoms with Crippen molar-refractivity contribution in [3.05, 3.63) is 47.5 Å². The third kappa shape index (κ3) is 6.69. The number of halogens is 2. The van der Waals surface area contributed by atoms with Crippen molar-refractivity contribution in [1.29, 1.82) is 0 Å². The SMILES string of the molecule is COc1cc2ncnc(Nc3ccc(F)c(Cl)c3)c2cc1OC1CCN(S(=O)(=O)CCN2CCOCC2)CC1. The molecule has 0 spiro atoms. The standard InChI is InChI=1S/C26H31ClFN5O5S/c1-36-24-16-23-20(26(30-17-29-23)31-18-2-3-22(28)21(27)14-18)15-25(24)38-19-4-6-33(7-5-19)39(34,35)13-10-32-8-11-37-12-9-32/h2-3,14-17,19H,4-13H2,1H3,(H,29,30,31). The highest BCUT2D eigenvalue weighted by Crippen LogP contribution is 2.36. The molecule has 2 aliphatic heterocycles. The number of nitrogens with zero attached hydrogens (tertiary/aromatic N) is 4. The van der Waals surface area contributed by atoms with E-state index in [1.807, 2.05) is 0 Å². The van der Waals surface area contributed by atoms with Crippen molar-refractivity contribution in [3.63, 3.8) is 0 Å². The number of piperidine rings is 1. The number of morpholine rings is 1. The zero-order valence-corrected chi connectivity index (χ0v) is 23.2. The van der Waals surface area contributed by atoms with E-state index < -0.39 is 15.8 Å². The molecule has 2 aliphatic rings. The molecule has 0 saturated carbocycles. The molecule has 2 saturated heterocycles. The van der Waals surface area contributed by atoms with Crippen LogP contribution in [0.4, 0.5) is 15.9 Å². The fourth-order valence-electron chi connectivity index (χ4n) is 4.73. The van der Waals surface area contributed by atoms with Crippen LogP contribution in [-0.4, -0.2) is 92.5 Å². The predicted molar refractivity (Wildman–Crippen MR) is 147 cm³/mol. The highest BCUT2D eigenvalue weighted by atomic mass is 35.5. The number of benzene rings is 2. The number of hydrogen-bond donors (Lipinski definition) is 1. The fourth-order valence-corrected chi connectivity index (χ4v) is 6.43. The van der Waals surface area contributed by atoms with E-state index in [-0.39, 0.29) is 16.9 Å². The van der Waals surface area contributed by atoms with Gasteiger partial charge < -0.3 is 19.5 Å². The first-order valence-electron chi connectivity index (χ1n) is 12.8. The largest absolute Gasteiger partial charge is 0.493 e. The van der Waals surface area contributed by atoms with Crippen molar-refractivity contribution in [3.8, 4) is 11.5 Å². The fraction of sp³-hybridized carbons (Fsp3) is 0.462. The van der Waals surface area contributed by atoms with E-state index in [0.29, 0.717) is 79.6 Å². The van der Waals surface area contributed by atoms with Gasteiger partial charge in [-0.3, -0.25) is 4.90 Å². The normalized spacial score (nSPS) is 17.8. The van der Waals surface area contributed by atoms with E-state index in [4.69, 9.17) is 25.8 Å². The zero-order valence-electron chi connectivity index (χ0n) is 21.6. The van der Waals surface area contributed by atoms with Crippen LogP contribution < -0.4 is 14.8 Å². The molecule has 210 valence electrons. The van der Waals surface area contributed by atoms with E-state index >= 15 is 0 Å². The molecule has 1 N–H and O–H groups in total. The van der Waals surface area contributed by atoms with Crippen molar-refractivity contribution in [2.45, 2.75) is 18.9 Å². The van der Waals surface area contributed by atoms with Crippen molar-refractivity contribution >= 4 is 44.0 Å². The van der Waals surface area contributed by atoms with Crippen LogP contribution in [0.3, 0.4) is 0 Å². The summed E-state index contributed by atoms with van der Waals surface area (Å²) in [5.41, 5.74) is 1.20. The number of aromatic nitrogens is 2. The molecule has 39 heavy (non-hydrogen) atoms. The monoisotopic (exact) mass is 579 g/mol. The minimum absolute atomic E-state index is 0.00138. The van der Waals surface area contributed by atoms with Gasteiger partial charge in [-0.25, -0.2) is 27.1 Å². The molecule has 0 bridgehead atoms. The van der Waals surface area contributed by atoms with Gasteiger partial charge in [-0.1, -0.05) is 11.6 Å². The lowest BCUT2D eigenvalue weighted by Gasteiger charge is -2.33. The summed E-state index contributed by atoms with van der Waals surface area (Å²) in [6.07, 6.45) is 2.36. The number of hydrogen-bond acceptors (Lipinski definition) is 9. The van der Waals surface area contributed by atoms with Gasteiger partial charge in [-0.2, -0.15) is 0 Å². The molecule has 3 heterocycles. The lowest BCUT2D eigenvalue weighted by Crippen LogP contribution is -2.45. The van der Waals surface area contributed by atoms with Crippen LogP contribution in [0.2, 0.25) is 5.02 Å². The number of anilines is 2. The summed E-state index contributed by atoms with van der Waals surface area (Å²) >= 11 is 5.93. The maximum Gasteiger partial charge on any atom is 0.215 e. The molecule has 13 heteroatoms. The van der Waals surface area contributed by atoms with Gasteiger partial charge in [-0.05, 0) is 37.1 Å². The van der Waals surface area contributed by atoms with E-state index in [2.05, 4.69) is 20.2 Å². The highest BCUT2D eigenvalue weighted by Gasteiger charge is 2.30. The average Bonchev–Trinajstić information content (AvgIpc) is 2.95. The molecule has 0 atom stereocenters. The Morgan fingerprint density at radius 2 is 1.87 bits per heavy atom. The van der Waals surface area contributed by atoms with E-state index in [1.54, 1.807) is 29.6 Å². The molecule has 0 amide bonds. The molecular formula is C26H31ClFN5O5S. The Morgan fingerprint density at radius 3 is 2.59 bits per heavy atom. The van der Waals surface area contributed by atoms with Crippen LogP contribution in [0.25, 0.3) is 10.9 Å². The molecule has 2 aromatic carbocycles. The van der Waals surface area contributed by atoms with Gasteiger partial charge in [0.15, 0.2) is 11.5 Å². The second-order valence-corrected chi connectivity index (χ2v) is 12.0. The summed E-state index contributed by atoms with van der Waals surface area (Å²) in [7, 11) is -1.79. The number of methoxy groups -OCH3 is 1. The average molecular weight is 580 g/mol. The molecule has 3 aromatic rings. The van der Waals surface area contributed by atoms with Crippen molar-refractivity contribution < 1.29 is 27.0 Å². The second-order valence-electron chi connectivity index (χ2n) is 9.48. The summed E-state index contributed by atoms with van der Waals surface area (Å²) < 4.78 is 58.2. The zero-order chi connectivity index (χ0) is 27.4. The molecule has 5 rings (SSSR count). The number of nitrogens with one attached hydrogen (secondary N) is 1. The summed E-state index contributed by atoms with van der Waals surface area (Å²) in [4.78, 5) is 10.8. The Labute approximate surface area is 232 Å². The second kappa shape index (κ2) is 12.2. The Kier molecular flexibility index (Phi) is 8.67. The Balaban J connectivity index is 1.26. The van der Waals surface area contributed by atoms with Crippen molar-refractivity contribution in [2.24, 2.45) is 0 Å². The summed E-state index contributed by atoms with van der Waals surface area (Å²) in [6.45, 7) is 4.12. The van der Waals surface area contributed by atoms with Crippen LogP contribution in [0.1, 0.15) is 12.8 Å². The van der Waals surface area contributed by atoms with Gasteiger partial charge in [0.2, 0.25) is 10.0 Å². The molecule has 0 unspecified atom stereocenters. The van der Waals surface area contributed by atoms with Crippen LogP contribution in [0.5, 0.6) is 11.5 Å². The van der Waals surface area contributed by atoms with Gasteiger partial charge in [0.05, 0.1) is 36.6 Å². The third-order valence-electron chi connectivity index (χ3n) is 6.96. The topological polar surface area (TPSA) is 106 Å². The Morgan fingerprint density at radius 1 is 1.10 bits per heavy atom. The first-order valence-corrected chi connectivity index (χ1v) is 14.8. The maximum atomic E-state index is 13.6. The first-order chi connectivity index (χ1) is 18.8. The van der Waals surface area contributed by atoms with Gasteiger partial charge >= 0.3 is 0 Å². The van der Waals surface area contributed by atoms with E-state index in [9.17, 15) is 12.8 Å². The van der Waals surface area contributed by atoms with Crippen LogP contribution in [-0.2, 0) is 14.8 Å². The quantitative estimate of drug-likeness (QED) is 0.406. The van der Waals surface area contributed by atoms with Crippen LogP contribution in [0.15, 0.2) is 36.7 Å². The van der Waals surface area contributed by atoms with Crippen molar-refractivity contribution in [2.75, 3.05) is 64.1 Å². The van der Waals surface area contributed by atoms with Gasteiger partial charge in [0.1, 0.15) is 24.1 Å². The molecule has 1 aromatic heterocycles. The van der Waals surface area contributed by atoms with E-state index in [0.717, 1.165) is 13.1 Å². The minimum Gasteiger partial charge on any atom is -0.493 e. The summed E-state index contributed by atoms with van der Waals surface area (Å²) in [5, 5.41) is 3.84. The molecule has 0 radical (unpaired) electrons. The molecular weight excluding hydrogens is 549 g/mol. The maximum absolute atomic E-state index is 13.6. The number of rotatable bonds is 9. The van der Waals surface area contributed by atoms with Gasteiger partial charge in [0.25, 0.3) is 0 Å². The summed E-state index contributed by atoms with van der Waals surface area (Å²) in [5.74, 6) is 1.11. The van der Waals surface area contributed by atoms with Crippen LogP contribution in [0, 0.1) is 5.82 Å². The predicted octanol–water partition coefficient (Wildman–Crippen LogP) is 3.68. The number of sulfonamides is 1. The van der Waals surface area contributed by atoms with E-state index in [1.165, 1.54) is 18.5 Å². The molecule has 2 fully saturated rings. The smallest absolute Gasteiger partial charge is 0.215 e. The van der Waals surface area contributed by atoms with Gasteiger partial charge in [0, 0.05) is 49.9 Å². The number of ether oxygens (including phenoxy) is 3. The lowest BCUT2D eigenvalue weighted by molar-refractivity contribution is 0.0406. The van der Waals surface area contributed by atoms with Gasteiger partial charge in [-0.15, -0.1) is 0 Å². The first kappa shape index (κ1) is 27.8. The number of fused-ring (bicyclic) bond motifs is 1. The third-order valence-corrected chi connectivity index (χ3v) is 9.10. The molecule has 10 nitrogen and oxygen atoms in total. The Hall–Kier alpha value is -2.77. The summed E-state index contributed by atoms with van der Waals surface area (Å²) in [6, 6.07) is 7.89. The van der Waals surface area contributed by atoms with Crippen LogP contribution >= 0.6 is 11.6 Å². The Bertz CT molecular complexity index is 1420. The minimum atomic E-state index is -3.35. The molecule has 0 aliphatic carbocycles. The lowest BCUT2D eigenvalue weighted by atomic mass is 10.1. The highest BCUT2D eigenvalue weighted by molar-refractivity contribution is 7.89.